The fourth-order valence-corrected chi connectivity index (χ4v) is 4.61. The van der Waals surface area contributed by atoms with E-state index in [9.17, 15) is 0 Å². The molecule has 0 aliphatic heterocycles. The van der Waals surface area contributed by atoms with Crippen molar-refractivity contribution >= 4 is 52.8 Å². The van der Waals surface area contributed by atoms with Gasteiger partial charge in [0, 0.05) is 5.75 Å². The Hall–Kier alpha value is -0.520. The van der Waals surface area contributed by atoms with E-state index in [0.717, 1.165) is 24.3 Å². The van der Waals surface area contributed by atoms with Crippen LogP contribution < -0.4 is 9.86 Å². The molecule has 2 aromatic carbocycles. The lowest BCUT2D eigenvalue weighted by Gasteiger charge is -2.13. The van der Waals surface area contributed by atoms with Gasteiger partial charge >= 0.3 is 0 Å². The lowest BCUT2D eigenvalue weighted by molar-refractivity contribution is 0.906. The van der Waals surface area contributed by atoms with Gasteiger partial charge in [-0.3, -0.25) is 5.14 Å². The minimum atomic E-state index is 0.601. The molecular formula is C17H18Cl2N2S2. The predicted molar refractivity (Wildman–Crippen MR) is 105 cm³/mol. The van der Waals surface area contributed by atoms with Crippen LogP contribution in [0.1, 0.15) is 23.1 Å². The van der Waals surface area contributed by atoms with E-state index in [1.54, 1.807) is 11.9 Å². The molecule has 0 bridgehead atoms. The molecule has 3 N–H and O–H groups in total. The molecule has 0 atom stereocenters. The van der Waals surface area contributed by atoms with Gasteiger partial charge in [-0.1, -0.05) is 47.3 Å². The van der Waals surface area contributed by atoms with Crippen molar-refractivity contribution < 1.29 is 0 Å². The van der Waals surface area contributed by atoms with E-state index in [1.807, 2.05) is 18.2 Å². The Kier molecular flexibility index (Phi) is 6.05. The number of nitrogens with two attached hydrogens (primary N) is 1. The van der Waals surface area contributed by atoms with Gasteiger partial charge in [0.15, 0.2) is 0 Å². The topological polar surface area (TPSA) is 38.0 Å². The number of rotatable bonds is 6. The van der Waals surface area contributed by atoms with Crippen molar-refractivity contribution in [3.05, 3.63) is 57.1 Å². The third-order valence-electron chi connectivity index (χ3n) is 4.01. The smallest absolute Gasteiger partial charge is 0.0595 e. The number of anilines is 1. The van der Waals surface area contributed by atoms with Crippen LogP contribution in [0.25, 0.3) is 0 Å². The molecule has 0 fully saturated rings. The van der Waals surface area contributed by atoms with Gasteiger partial charge in [-0.15, -0.1) is 0 Å². The highest BCUT2D eigenvalue weighted by Crippen LogP contribution is 2.36. The lowest BCUT2D eigenvalue weighted by atomic mass is 10.1. The molecule has 0 heterocycles. The summed E-state index contributed by atoms with van der Waals surface area (Å²) in [5.41, 5.74) is 5.19. The Balaban J connectivity index is 1.57. The normalized spacial score (nSPS) is 13.2. The molecule has 1 aliphatic carbocycles. The Bertz CT molecular complexity index is 707. The van der Waals surface area contributed by atoms with Gasteiger partial charge in [-0.05, 0) is 72.5 Å². The van der Waals surface area contributed by atoms with Gasteiger partial charge in [0.1, 0.15) is 0 Å². The molecule has 0 amide bonds. The quantitative estimate of drug-likeness (QED) is 0.490. The van der Waals surface area contributed by atoms with E-state index in [-0.39, 0.29) is 0 Å². The minimum Gasteiger partial charge on any atom is -0.329 e. The van der Waals surface area contributed by atoms with Crippen LogP contribution in [0.2, 0.25) is 10.0 Å². The van der Waals surface area contributed by atoms with Crippen LogP contribution in [0, 0.1) is 0 Å². The Labute approximate surface area is 155 Å². The van der Waals surface area contributed by atoms with Crippen molar-refractivity contribution in [3.63, 3.8) is 0 Å². The summed E-state index contributed by atoms with van der Waals surface area (Å²) >= 11 is 15.0. The minimum absolute atomic E-state index is 0.601. The van der Waals surface area contributed by atoms with Crippen LogP contribution >= 0.6 is 47.1 Å². The van der Waals surface area contributed by atoms with Gasteiger partial charge in [-0.25, -0.2) is 0 Å². The van der Waals surface area contributed by atoms with Crippen LogP contribution in [0.4, 0.5) is 5.69 Å². The molecule has 1 aliphatic rings. The lowest BCUT2D eigenvalue weighted by Crippen LogP contribution is -1.99. The Morgan fingerprint density at radius 3 is 2.74 bits per heavy atom. The molecular weight excluding hydrogens is 367 g/mol. The SMILES string of the molecule is NSc1c(NSCCc2ccc(Cl)c(Cl)c2)ccc2c1CCC2. The summed E-state index contributed by atoms with van der Waals surface area (Å²) in [6.45, 7) is 0. The molecule has 0 saturated carbocycles. The zero-order chi connectivity index (χ0) is 16.2. The molecule has 6 heteroatoms. The van der Waals surface area contributed by atoms with E-state index >= 15 is 0 Å². The number of benzene rings is 2. The number of hydrogen-bond acceptors (Lipinski definition) is 4. The van der Waals surface area contributed by atoms with Gasteiger partial charge < -0.3 is 4.72 Å². The third kappa shape index (κ3) is 4.12. The fraction of sp³-hybridized carbons (Fsp3) is 0.294. The maximum absolute atomic E-state index is 6.05. The van der Waals surface area contributed by atoms with Crippen molar-refractivity contribution in [2.45, 2.75) is 30.6 Å². The Morgan fingerprint density at radius 2 is 1.96 bits per heavy atom. The van der Waals surface area contributed by atoms with E-state index in [1.165, 1.54) is 46.4 Å². The number of hydrogen-bond donors (Lipinski definition) is 2. The van der Waals surface area contributed by atoms with E-state index in [4.69, 9.17) is 28.3 Å². The van der Waals surface area contributed by atoms with Gasteiger partial charge in [0.25, 0.3) is 0 Å². The summed E-state index contributed by atoms with van der Waals surface area (Å²) in [7, 11) is 0. The van der Waals surface area contributed by atoms with Crippen molar-refractivity contribution in [1.29, 1.82) is 0 Å². The highest BCUT2D eigenvalue weighted by atomic mass is 35.5. The molecule has 2 aromatic rings. The average Bonchev–Trinajstić information content (AvgIpc) is 3.03. The maximum Gasteiger partial charge on any atom is 0.0595 e. The van der Waals surface area contributed by atoms with Gasteiger partial charge in [0.2, 0.25) is 0 Å². The first kappa shape index (κ1) is 17.3. The summed E-state index contributed by atoms with van der Waals surface area (Å²) in [4.78, 5) is 1.20. The summed E-state index contributed by atoms with van der Waals surface area (Å²) in [5.74, 6) is 0.948. The van der Waals surface area contributed by atoms with Crippen molar-refractivity contribution in [3.8, 4) is 0 Å². The molecule has 23 heavy (non-hydrogen) atoms. The Morgan fingerprint density at radius 1 is 1.09 bits per heavy atom. The molecule has 0 unspecified atom stereocenters. The van der Waals surface area contributed by atoms with Crippen molar-refractivity contribution in [2.75, 3.05) is 10.5 Å². The second-order valence-electron chi connectivity index (χ2n) is 5.50. The van der Waals surface area contributed by atoms with Crippen LogP contribution in [0.15, 0.2) is 35.2 Å². The second kappa shape index (κ2) is 8.04. The van der Waals surface area contributed by atoms with Crippen LogP contribution in [0.3, 0.4) is 0 Å². The van der Waals surface area contributed by atoms with Crippen molar-refractivity contribution in [2.24, 2.45) is 5.14 Å². The summed E-state index contributed by atoms with van der Waals surface area (Å²) in [6, 6.07) is 10.2. The number of nitrogens with one attached hydrogen (secondary N) is 1. The average molecular weight is 385 g/mol. The second-order valence-corrected chi connectivity index (χ2v) is 7.86. The summed E-state index contributed by atoms with van der Waals surface area (Å²) in [5, 5.41) is 7.10. The highest BCUT2D eigenvalue weighted by Gasteiger charge is 2.17. The first-order valence-corrected chi connectivity index (χ1v) is 10.1. The molecule has 0 saturated heterocycles. The molecule has 122 valence electrons. The largest absolute Gasteiger partial charge is 0.329 e. The van der Waals surface area contributed by atoms with Crippen LogP contribution in [-0.2, 0) is 19.3 Å². The zero-order valence-corrected chi connectivity index (χ0v) is 15.7. The predicted octanol–water partition coefficient (Wildman–Crippen LogP) is 5.75. The first-order valence-electron chi connectivity index (χ1n) is 7.52. The summed E-state index contributed by atoms with van der Waals surface area (Å²) in [6.07, 6.45) is 4.48. The molecule has 0 radical (unpaired) electrons. The number of fused-ring (bicyclic) bond motifs is 1. The molecule has 2 nitrogen and oxygen atoms in total. The van der Waals surface area contributed by atoms with Gasteiger partial charge in [0.05, 0.1) is 20.6 Å². The number of halogens is 2. The monoisotopic (exact) mass is 384 g/mol. The molecule has 0 spiro atoms. The molecule has 0 aromatic heterocycles. The third-order valence-corrected chi connectivity index (χ3v) is 6.22. The highest BCUT2D eigenvalue weighted by molar-refractivity contribution is 8.00. The molecule has 3 rings (SSSR count). The van der Waals surface area contributed by atoms with Crippen LogP contribution in [-0.4, -0.2) is 5.75 Å². The zero-order valence-electron chi connectivity index (χ0n) is 12.6. The fourth-order valence-electron chi connectivity index (χ4n) is 2.84. The maximum atomic E-state index is 6.05. The first-order chi connectivity index (χ1) is 11.2. The van der Waals surface area contributed by atoms with E-state index in [0.29, 0.717) is 10.0 Å². The van der Waals surface area contributed by atoms with E-state index in [2.05, 4.69) is 16.9 Å². The number of aryl methyl sites for hydroxylation is 2. The van der Waals surface area contributed by atoms with Crippen molar-refractivity contribution in [1.82, 2.24) is 0 Å². The van der Waals surface area contributed by atoms with Crippen LogP contribution in [0.5, 0.6) is 0 Å². The van der Waals surface area contributed by atoms with E-state index < -0.39 is 0 Å². The standard InChI is InChI=1S/C17H18Cl2N2S2/c18-14-6-4-11(10-15(14)19)8-9-22-21-16-7-5-12-2-1-3-13(12)17(16)23-20/h4-7,10,21H,1-3,8-9,20H2. The van der Waals surface area contributed by atoms with Gasteiger partial charge in [-0.2, -0.15) is 0 Å². The summed E-state index contributed by atoms with van der Waals surface area (Å²) < 4.78 is 3.45.